The van der Waals surface area contributed by atoms with Gasteiger partial charge in [-0.05, 0) is 20.3 Å². The van der Waals surface area contributed by atoms with Gasteiger partial charge in [0.1, 0.15) is 13.1 Å². The van der Waals surface area contributed by atoms with Crippen LogP contribution in [0.15, 0.2) is 0 Å². The van der Waals surface area contributed by atoms with Crippen molar-refractivity contribution in [2.45, 2.75) is 46.5 Å². The van der Waals surface area contributed by atoms with E-state index in [1.807, 2.05) is 0 Å². The Labute approximate surface area is 118 Å². The van der Waals surface area contributed by atoms with Crippen LogP contribution in [0.25, 0.3) is 0 Å². The summed E-state index contributed by atoms with van der Waals surface area (Å²) < 4.78 is 63.8. The Morgan fingerprint density at radius 2 is 2.06 bits per heavy atom. The van der Waals surface area contributed by atoms with Gasteiger partial charge >= 0.3 is 12.2 Å². The lowest BCUT2D eigenvalue weighted by Crippen LogP contribution is -2.37. The molecule has 1 unspecified atom stereocenters. The number of amides is 2. The van der Waals surface area contributed by atoms with Gasteiger partial charge in [-0.2, -0.15) is 0 Å². The first-order valence-electron chi connectivity index (χ1n) is 9.02. The Morgan fingerprint density at radius 1 is 1.44 bits per heavy atom. The second-order valence-electron chi connectivity index (χ2n) is 3.97. The van der Waals surface area contributed by atoms with Crippen LogP contribution < -0.4 is 11.1 Å². The van der Waals surface area contributed by atoms with Gasteiger partial charge in [-0.15, -0.1) is 0 Å². The molecule has 0 spiro atoms. The summed E-state index contributed by atoms with van der Waals surface area (Å²) in [5, 5.41) is 2.22. The molecule has 0 aliphatic carbocycles. The molecular weight excluding hydrogens is 236 g/mol. The maximum Gasteiger partial charge on any atom is 0.407 e. The minimum absolute atomic E-state index is 0.00527. The summed E-state index contributed by atoms with van der Waals surface area (Å²) in [6.45, 7) is -5.48. The summed E-state index contributed by atoms with van der Waals surface area (Å²) in [6.07, 6.45) is -3.53. The summed E-state index contributed by atoms with van der Waals surface area (Å²) in [6, 6.07) is -0.435. The Bertz CT molecular complexity index is 496. The predicted octanol–water partition coefficient (Wildman–Crippen LogP) is 2.02. The highest BCUT2D eigenvalue weighted by Gasteiger charge is 2.27. The highest BCUT2D eigenvalue weighted by Crippen LogP contribution is 2.24. The zero-order valence-electron chi connectivity index (χ0n) is 17.7. The molecule has 0 aromatic rings. The first-order chi connectivity index (χ1) is 11.0. The van der Waals surface area contributed by atoms with Crippen LogP contribution in [0.4, 0.5) is 9.59 Å². The van der Waals surface area contributed by atoms with Crippen LogP contribution in [-0.4, -0.2) is 31.3 Å². The van der Waals surface area contributed by atoms with Crippen LogP contribution in [0.3, 0.4) is 0 Å². The Hall–Kier alpha value is -1.46. The second-order valence-corrected chi connectivity index (χ2v) is 3.97. The third-order valence-electron chi connectivity index (χ3n) is 1.68. The smallest absolute Gasteiger partial charge is 0.407 e. The zero-order valence-corrected chi connectivity index (χ0v) is 10.7. The molecule has 0 saturated heterocycles. The predicted molar refractivity (Wildman–Crippen MR) is 68.2 cm³/mol. The van der Waals surface area contributed by atoms with E-state index in [0.29, 0.717) is 0 Å². The largest absolute Gasteiger partial charge is 0.449 e. The molecule has 0 heterocycles. The number of hydrogen-bond acceptors (Lipinski definition) is 4. The summed E-state index contributed by atoms with van der Waals surface area (Å²) >= 11 is 0. The zero-order chi connectivity index (χ0) is 20.3. The molecule has 0 saturated carbocycles. The fourth-order valence-electron chi connectivity index (χ4n) is 1.03. The van der Waals surface area contributed by atoms with E-state index in [9.17, 15) is 9.59 Å². The van der Waals surface area contributed by atoms with Crippen LogP contribution in [0.1, 0.15) is 50.1 Å². The summed E-state index contributed by atoms with van der Waals surface area (Å²) in [5.74, 6) is 0. The maximum absolute atomic E-state index is 11.8. The van der Waals surface area contributed by atoms with Crippen molar-refractivity contribution in [2.24, 2.45) is 11.1 Å². The van der Waals surface area contributed by atoms with Crippen LogP contribution in [0.2, 0.25) is 0 Å². The standard InChI is InChI=1S/C12H24N2O4/c1-5-6-12(4,7-17-10(13)15)8-18-11(16)14-9(2)3/h9H,5-8H2,1-4H3,(H2,13,15)(H,14,16)/i4D3,7D2,8D2. The number of nitrogens with one attached hydrogen (secondary N) is 1. The molecule has 0 fully saturated rings. The molecule has 106 valence electrons. The molecule has 6 nitrogen and oxygen atoms in total. The Kier molecular flexibility index (Phi) is 3.40. The van der Waals surface area contributed by atoms with Crippen molar-refractivity contribution in [1.82, 2.24) is 5.32 Å². The molecule has 0 aromatic carbocycles. The average molecular weight is 267 g/mol. The van der Waals surface area contributed by atoms with Gasteiger partial charge in [0.15, 0.2) is 0 Å². The summed E-state index contributed by atoms with van der Waals surface area (Å²) in [5.41, 5.74) is 1.79. The van der Waals surface area contributed by atoms with Gasteiger partial charge in [0.05, 0.1) is 5.48 Å². The number of hydrogen-bond donors (Lipinski definition) is 2. The molecular formula is C12H24N2O4. The van der Waals surface area contributed by atoms with Crippen LogP contribution >= 0.6 is 0 Å². The van der Waals surface area contributed by atoms with Crippen molar-refractivity contribution in [3.8, 4) is 0 Å². The number of alkyl carbamates (subject to hydrolysis) is 1. The van der Waals surface area contributed by atoms with E-state index in [1.165, 1.54) is 6.92 Å². The minimum atomic E-state index is -3.39. The number of rotatable bonds is 7. The van der Waals surface area contributed by atoms with E-state index in [4.69, 9.17) is 15.3 Å². The lowest BCUT2D eigenvalue weighted by atomic mass is 9.87. The highest BCUT2D eigenvalue weighted by atomic mass is 16.6. The van der Waals surface area contributed by atoms with Gasteiger partial charge in [-0.25, -0.2) is 9.59 Å². The molecule has 0 rings (SSSR count). The van der Waals surface area contributed by atoms with E-state index in [0.717, 1.165) is 0 Å². The third kappa shape index (κ3) is 7.76. The Morgan fingerprint density at radius 3 is 2.50 bits per heavy atom. The van der Waals surface area contributed by atoms with E-state index < -0.39 is 50.0 Å². The van der Waals surface area contributed by atoms with E-state index >= 15 is 0 Å². The topological polar surface area (TPSA) is 90.7 Å². The first-order valence-corrected chi connectivity index (χ1v) is 5.52. The number of primary amides is 1. The fourth-order valence-corrected chi connectivity index (χ4v) is 1.03. The van der Waals surface area contributed by atoms with Gasteiger partial charge in [-0.3, -0.25) is 0 Å². The lowest BCUT2D eigenvalue weighted by Gasteiger charge is -2.27. The van der Waals surface area contributed by atoms with Crippen molar-refractivity contribution < 1.29 is 28.7 Å². The second kappa shape index (κ2) is 7.79. The lowest BCUT2D eigenvalue weighted by molar-refractivity contribution is 0.0333. The summed E-state index contributed by atoms with van der Waals surface area (Å²) in [7, 11) is 0. The highest BCUT2D eigenvalue weighted by molar-refractivity contribution is 5.67. The van der Waals surface area contributed by atoms with Crippen molar-refractivity contribution in [2.75, 3.05) is 13.1 Å². The number of carbonyl (C=O) groups excluding carboxylic acids is 2. The van der Waals surface area contributed by atoms with Crippen LogP contribution in [0.5, 0.6) is 0 Å². The van der Waals surface area contributed by atoms with Crippen molar-refractivity contribution in [3.05, 3.63) is 0 Å². The van der Waals surface area contributed by atoms with E-state index in [-0.39, 0.29) is 6.42 Å². The molecule has 1 atom stereocenters. The molecule has 0 aromatic heterocycles. The van der Waals surface area contributed by atoms with Crippen molar-refractivity contribution >= 4 is 12.2 Å². The fraction of sp³-hybridized carbons (Fsp3) is 0.833. The van der Waals surface area contributed by atoms with Crippen molar-refractivity contribution in [1.29, 1.82) is 0 Å². The van der Waals surface area contributed by atoms with Crippen molar-refractivity contribution in [3.63, 3.8) is 0 Å². The first kappa shape index (κ1) is 7.86. The third-order valence-corrected chi connectivity index (χ3v) is 1.68. The van der Waals surface area contributed by atoms with E-state index in [1.54, 1.807) is 13.8 Å². The van der Waals surface area contributed by atoms with Gasteiger partial charge in [0.2, 0.25) is 0 Å². The molecule has 6 heteroatoms. The maximum atomic E-state index is 11.8. The summed E-state index contributed by atoms with van der Waals surface area (Å²) in [4.78, 5) is 22.8. The minimum Gasteiger partial charge on any atom is -0.449 e. The quantitative estimate of drug-likeness (QED) is 0.738. The van der Waals surface area contributed by atoms with Gasteiger partial charge in [0, 0.05) is 15.6 Å². The number of carbonyl (C=O) groups is 2. The van der Waals surface area contributed by atoms with Gasteiger partial charge in [-0.1, -0.05) is 20.2 Å². The average Bonchev–Trinajstić information content (AvgIpc) is 2.29. The Balaban J connectivity index is 6.27. The number of ether oxygens (including phenoxy) is 2. The number of nitrogens with two attached hydrogens (primary N) is 1. The molecule has 2 amide bonds. The van der Waals surface area contributed by atoms with Gasteiger partial charge in [0.25, 0.3) is 0 Å². The molecule has 0 aliphatic heterocycles. The normalized spacial score (nSPS) is 21.9. The molecule has 18 heavy (non-hydrogen) atoms. The van der Waals surface area contributed by atoms with Crippen LogP contribution in [-0.2, 0) is 9.47 Å². The molecule has 0 radical (unpaired) electrons. The molecule has 0 bridgehead atoms. The van der Waals surface area contributed by atoms with Crippen LogP contribution in [0, 0.1) is 5.41 Å². The van der Waals surface area contributed by atoms with Gasteiger partial charge < -0.3 is 20.5 Å². The molecule has 3 N–H and O–H groups in total. The van der Waals surface area contributed by atoms with E-state index in [2.05, 4.69) is 14.8 Å². The molecule has 0 aliphatic rings. The monoisotopic (exact) mass is 267 g/mol. The SMILES string of the molecule is [2H]C([2H])([2H])C(CCC)(C([2H])([2H])OC(N)=O)C([2H])([2H])OC(=O)NC(C)C.